The van der Waals surface area contributed by atoms with Crippen molar-refractivity contribution in [1.29, 1.82) is 0 Å². The van der Waals surface area contributed by atoms with Crippen molar-refractivity contribution in [2.24, 2.45) is 11.7 Å². The first-order valence-electron chi connectivity index (χ1n) is 10.6. The Labute approximate surface area is 185 Å². The molecule has 162 valence electrons. The quantitative estimate of drug-likeness (QED) is 0.418. The molecule has 0 saturated carbocycles. The van der Waals surface area contributed by atoms with Crippen LogP contribution in [-0.4, -0.2) is 40.4 Å². The number of hydrogen-bond acceptors (Lipinski definition) is 4. The zero-order valence-corrected chi connectivity index (χ0v) is 18.9. The summed E-state index contributed by atoms with van der Waals surface area (Å²) in [5, 5.41) is 1.19. The molecule has 6 heteroatoms. The van der Waals surface area contributed by atoms with Crippen LogP contribution in [0.25, 0.3) is 10.9 Å². The first-order valence-corrected chi connectivity index (χ1v) is 11.0. The molecule has 1 saturated heterocycles. The number of piperidine rings is 1. The fraction of sp³-hybridized carbons (Fsp3) is 0.417. The van der Waals surface area contributed by atoms with Gasteiger partial charge in [0.25, 0.3) is 0 Å². The molecule has 3 aromatic rings. The number of hydrogen-bond donors (Lipinski definition) is 3. The highest BCUT2D eigenvalue weighted by molar-refractivity contribution is 7.80. The summed E-state index contributed by atoms with van der Waals surface area (Å²) in [4.78, 5) is 20.2. The normalized spacial score (nSPS) is 14.9. The predicted octanol–water partition coefficient (Wildman–Crippen LogP) is 4.69. The van der Waals surface area contributed by atoms with Crippen LogP contribution in [0.5, 0.6) is 0 Å². The Kier molecular flexibility index (Phi) is 10.5. The fourth-order valence-corrected chi connectivity index (χ4v) is 3.42. The average Bonchev–Trinajstić information content (AvgIpc) is 3.25. The van der Waals surface area contributed by atoms with E-state index in [0.717, 1.165) is 48.7 Å². The van der Waals surface area contributed by atoms with Crippen LogP contribution in [0.1, 0.15) is 38.7 Å². The van der Waals surface area contributed by atoms with Crippen molar-refractivity contribution in [3.8, 4) is 0 Å². The second-order valence-electron chi connectivity index (χ2n) is 7.92. The average molecular weight is 427 g/mol. The molecule has 1 aliphatic heterocycles. The highest BCUT2D eigenvalue weighted by atomic mass is 32.1. The minimum Gasteiger partial charge on any atom is -0.361 e. The van der Waals surface area contributed by atoms with E-state index in [-0.39, 0.29) is 6.04 Å². The van der Waals surface area contributed by atoms with Gasteiger partial charge in [-0.05, 0) is 68.4 Å². The molecule has 1 fully saturated rings. The Bertz CT molecular complexity index is 858. The number of amides is 1. The number of carbonyl (C=O) groups is 1. The minimum absolute atomic E-state index is 0.287. The van der Waals surface area contributed by atoms with Crippen LogP contribution in [0.2, 0.25) is 0 Å². The molecule has 0 radical (unpaired) electrons. The number of H-pyrrole nitrogens is 1. The van der Waals surface area contributed by atoms with Gasteiger partial charge in [-0.1, -0.05) is 19.1 Å². The van der Waals surface area contributed by atoms with E-state index in [1.54, 1.807) is 6.20 Å². The standard InChI is InChI=1S/C9H14N2.C8H7NS.C7H13NO/c1-8(10)4-5-9-3-2-6-11-7-9;10-8-3-1-2-7-6(8)4-5-9-7;1-7-2-4-8(6-9)5-3-7/h2-3,6-8H,4-5,10H2,1H3;1-5,9-10H;6-7H,2-5H2,1H3. The van der Waals surface area contributed by atoms with Crippen LogP contribution in [0.4, 0.5) is 0 Å². The van der Waals surface area contributed by atoms with Crippen LogP contribution in [0.3, 0.4) is 0 Å². The maximum atomic E-state index is 10.2. The third kappa shape index (κ3) is 8.59. The topological polar surface area (TPSA) is 75.0 Å². The molecular formula is C24H34N4OS. The number of pyridine rings is 1. The SMILES string of the molecule is CC(N)CCc1cccnc1.CC1CCN(C=O)CC1.Sc1cccc2[nH]ccc12. The number of nitrogens with two attached hydrogens (primary N) is 1. The lowest BCUT2D eigenvalue weighted by Crippen LogP contribution is -2.31. The van der Waals surface area contributed by atoms with Gasteiger partial charge in [-0.15, -0.1) is 12.6 Å². The van der Waals surface area contributed by atoms with Gasteiger partial charge in [0.2, 0.25) is 6.41 Å². The number of aromatic amines is 1. The van der Waals surface area contributed by atoms with E-state index >= 15 is 0 Å². The third-order valence-electron chi connectivity index (χ3n) is 5.15. The van der Waals surface area contributed by atoms with E-state index in [0.29, 0.717) is 0 Å². The van der Waals surface area contributed by atoms with Gasteiger partial charge in [0, 0.05) is 53.5 Å². The molecule has 3 N–H and O–H groups in total. The lowest BCUT2D eigenvalue weighted by Gasteiger charge is -2.26. The largest absolute Gasteiger partial charge is 0.361 e. The summed E-state index contributed by atoms with van der Waals surface area (Å²) in [5.41, 5.74) is 8.03. The maximum absolute atomic E-state index is 10.2. The monoisotopic (exact) mass is 426 g/mol. The number of benzene rings is 1. The van der Waals surface area contributed by atoms with Crippen molar-refractivity contribution in [3.05, 3.63) is 60.6 Å². The zero-order chi connectivity index (χ0) is 21.8. The number of fused-ring (bicyclic) bond motifs is 1. The molecule has 2 aromatic heterocycles. The Morgan fingerprint density at radius 3 is 2.63 bits per heavy atom. The lowest BCUT2D eigenvalue weighted by molar-refractivity contribution is -0.119. The second-order valence-corrected chi connectivity index (χ2v) is 8.40. The van der Waals surface area contributed by atoms with Crippen molar-refractivity contribution in [3.63, 3.8) is 0 Å². The van der Waals surface area contributed by atoms with Gasteiger partial charge >= 0.3 is 0 Å². The summed E-state index contributed by atoms with van der Waals surface area (Å²) in [6.07, 6.45) is 11.0. The molecule has 1 aliphatic rings. The molecule has 1 unspecified atom stereocenters. The summed E-state index contributed by atoms with van der Waals surface area (Å²) in [6.45, 7) is 6.19. The fourth-order valence-electron chi connectivity index (χ4n) is 3.14. The van der Waals surface area contributed by atoms with Crippen LogP contribution < -0.4 is 5.73 Å². The minimum atomic E-state index is 0.287. The molecule has 1 aromatic carbocycles. The van der Waals surface area contributed by atoms with Crippen LogP contribution >= 0.6 is 12.6 Å². The Morgan fingerprint density at radius 1 is 1.27 bits per heavy atom. The number of nitrogens with zero attached hydrogens (tertiary/aromatic N) is 2. The first-order chi connectivity index (χ1) is 14.5. The number of rotatable bonds is 4. The van der Waals surface area contributed by atoms with Crippen LogP contribution in [-0.2, 0) is 11.2 Å². The highest BCUT2D eigenvalue weighted by Gasteiger charge is 2.12. The van der Waals surface area contributed by atoms with E-state index in [4.69, 9.17) is 5.73 Å². The summed E-state index contributed by atoms with van der Waals surface area (Å²) in [7, 11) is 0. The van der Waals surface area contributed by atoms with Crippen molar-refractivity contribution in [2.75, 3.05) is 13.1 Å². The zero-order valence-electron chi connectivity index (χ0n) is 18.0. The lowest BCUT2D eigenvalue weighted by atomic mass is 10.00. The number of likely N-dealkylation sites (tertiary alicyclic amines) is 1. The number of aryl methyl sites for hydroxylation is 1. The van der Waals surface area contributed by atoms with Crippen molar-refractivity contribution in [1.82, 2.24) is 14.9 Å². The predicted molar refractivity (Wildman–Crippen MR) is 128 cm³/mol. The highest BCUT2D eigenvalue weighted by Crippen LogP contribution is 2.19. The summed E-state index contributed by atoms with van der Waals surface area (Å²) < 4.78 is 0. The molecular weight excluding hydrogens is 392 g/mol. The Hall–Kier alpha value is -2.31. The first kappa shape index (κ1) is 24.0. The van der Waals surface area contributed by atoms with E-state index in [1.165, 1.54) is 23.8 Å². The molecule has 4 rings (SSSR count). The van der Waals surface area contributed by atoms with E-state index in [2.05, 4.69) is 35.6 Å². The summed E-state index contributed by atoms with van der Waals surface area (Å²) >= 11 is 4.30. The molecule has 1 amide bonds. The third-order valence-corrected chi connectivity index (χ3v) is 5.54. The van der Waals surface area contributed by atoms with Gasteiger partial charge in [-0.2, -0.15) is 0 Å². The number of nitrogens with one attached hydrogen (secondary N) is 1. The van der Waals surface area contributed by atoms with Crippen LogP contribution in [0, 0.1) is 5.92 Å². The van der Waals surface area contributed by atoms with Crippen LogP contribution in [0.15, 0.2) is 59.9 Å². The van der Waals surface area contributed by atoms with E-state index in [1.807, 2.05) is 54.5 Å². The molecule has 5 nitrogen and oxygen atoms in total. The van der Waals surface area contributed by atoms with Crippen molar-refractivity contribution in [2.45, 2.75) is 50.5 Å². The maximum Gasteiger partial charge on any atom is 0.209 e. The van der Waals surface area contributed by atoms with Gasteiger partial charge in [-0.25, -0.2) is 0 Å². The molecule has 1 atom stereocenters. The summed E-state index contributed by atoms with van der Waals surface area (Å²) in [5.74, 6) is 0.821. The van der Waals surface area contributed by atoms with Crippen molar-refractivity contribution >= 4 is 29.9 Å². The molecule has 0 spiro atoms. The number of aromatic nitrogens is 2. The molecule has 3 heterocycles. The molecule has 30 heavy (non-hydrogen) atoms. The van der Waals surface area contributed by atoms with Gasteiger partial charge in [0.15, 0.2) is 0 Å². The van der Waals surface area contributed by atoms with E-state index in [9.17, 15) is 4.79 Å². The van der Waals surface area contributed by atoms with Gasteiger partial charge in [0.05, 0.1) is 0 Å². The molecule has 0 bridgehead atoms. The van der Waals surface area contributed by atoms with E-state index < -0.39 is 0 Å². The summed E-state index contributed by atoms with van der Waals surface area (Å²) in [6, 6.07) is 12.4. The second kappa shape index (κ2) is 13.1. The smallest absolute Gasteiger partial charge is 0.209 e. The van der Waals surface area contributed by atoms with Gasteiger partial charge in [-0.3, -0.25) is 9.78 Å². The Morgan fingerprint density at radius 2 is 2.03 bits per heavy atom. The Balaban J connectivity index is 0.000000161. The van der Waals surface area contributed by atoms with Crippen molar-refractivity contribution < 1.29 is 4.79 Å². The number of thiol groups is 1. The van der Waals surface area contributed by atoms with Gasteiger partial charge < -0.3 is 15.6 Å². The van der Waals surface area contributed by atoms with Gasteiger partial charge in [0.1, 0.15) is 0 Å². The number of carbonyl (C=O) groups excluding carboxylic acids is 1. The molecule has 0 aliphatic carbocycles.